The molecule has 0 radical (unpaired) electrons. The Morgan fingerprint density at radius 1 is 0.881 bits per heavy atom. The van der Waals surface area contributed by atoms with Crippen LogP contribution in [0.2, 0.25) is 0 Å². The quantitative estimate of drug-likeness (QED) is 0.202. The molecule has 1 saturated carbocycles. The number of hydrogen-bond acceptors (Lipinski definition) is 2. The van der Waals surface area contributed by atoms with Gasteiger partial charge >= 0.3 is 0 Å². The van der Waals surface area contributed by atoms with Gasteiger partial charge in [-0.15, -0.1) is 0 Å². The van der Waals surface area contributed by atoms with E-state index in [1.165, 1.54) is 69.3 Å². The minimum atomic E-state index is 0.121. The average Bonchev–Trinajstić information content (AvgIpc) is 2.92. The summed E-state index contributed by atoms with van der Waals surface area (Å²) in [5.41, 5.74) is 6.96. The van der Waals surface area contributed by atoms with E-state index in [4.69, 9.17) is 9.72 Å². The standard InChI is InChI=1S/C40H45NO/c1-24(2)18-25-8-11-30-29(19-25)21-33-37-36-31(14-17-41-37)32-20-27(26-12-15-40(6,7)16-13-26)9-10-28(32)22-35(36)42-38(33)34(30)23-39(3,4)5/h8-11,14,17,19-22,24,26H,12-13,15-16,18,23H2,1-7H3. The van der Waals surface area contributed by atoms with Gasteiger partial charge in [0.2, 0.25) is 0 Å². The first-order valence-electron chi connectivity index (χ1n) is 16.1. The van der Waals surface area contributed by atoms with Crippen molar-refractivity contribution in [2.75, 3.05) is 0 Å². The van der Waals surface area contributed by atoms with Crippen LogP contribution in [-0.2, 0) is 12.8 Å². The first-order chi connectivity index (χ1) is 20.0. The molecule has 216 valence electrons. The number of benzene rings is 4. The minimum Gasteiger partial charge on any atom is -0.456 e. The van der Waals surface area contributed by atoms with Crippen molar-refractivity contribution in [3.63, 3.8) is 0 Å². The van der Waals surface area contributed by atoms with Crippen LogP contribution in [0.4, 0.5) is 0 Å². The number of ether oxygens (including phenoxy) is 1. The highest BCUT2D eigenvalue weighted by Gasteiger charge is 2.30. The topological polar surface area (TPSA) is 22.1 Å². The van der Waals surface area contributed by atoms with Crippen molar-refractivity contribution >= 4 is 32.3 Å². The second kappa shape index (κ2) is 9.83. The predicted molar refractivity (Wildman–Crippen MR) is 179 cm³/mol. The monoisotopic (exact) mass is 555 g/mol. The van der Waals surface area contributed by atoms with Gasteiger partial charge in [-0.05, 0) is 117 Å². The van der Waals surface area contributed by atoms with Gasteiger partial charge in [0.15, 0.2) is 0 Å². The lowest BCUT2D eigenvalue weighted by Crippen LogP contribution is -2.20. The van der Waals surface area contributed by atoms with Crippen LogP contribution in [0.3, 0.4) is 0 Å². The summed E-state index contributed by atoms with van der Waals surface area (Å²) in [6.07, 6.45) is 9.20. The zero-order valence-electron chi connectivity index (χ0n) is 26.5. The van der Waals surface area contributed by atoms with Gasteiger partial charge in [0.1, 0.15) is 11.5 Å². The summed E-state index contributed by atoms with van der Waals surface area (Å²) in [4.78, 5) is 5.05. The Labute approximate surface area is 251 Å². The summed E-state index contributed by atoms with van der Waals surface area (Å²) in [6, 6.07) is 21.0. The molecular formula is C40H45NO. The molecule has 2 heterocycles. The van der Waals surface area contributed by atoms with Crippen molar-refractivity contribution in [2.45, 2.75) is 92.9 Å². The lowest BCUT2D eigenvalue weighted by molar-refractivity contribution is 0.224. The van der Waals surface area contributed by atoms with E-state index in [1.807, 2.05) is 6.20 Å². The first kappa shape index (κ1) is 27.4. The van der Waals surface area contributed by atoms with Crippen LogP contribution in [0.1, 0.15) is 96.8 Å². The van der Waals surface area contributed by atoms with Crippen molar-refractivity contribution in [2.24, 2.45) is 16.7 Å². The predicted octanol–water partition coefficient (Wildman–Crippen LogP) is 11.8. The van der Waals surface area contributed by atoms with Gasteiger partial charge < -0.3 is 4.74 Å². The zero-order chi connectivity index (χ0) is 29.4. The third kappa shape index (κ3) is 4.87. The van der Waals surface area contributed by atoms with Crippen molar-refractivity contribution < 1.29 is 4.74 Å². The Balaban J connectivity index is 1.43. The molecule has 5 aromatic rings. The smallest absolute Gasteiger partial charge is 0.140 e. The molecule has 2 heteroatoms. The molecule has 0 N–H and O–H groups in total. The van der Waals surface area contributed by atoms with E-state index in [2.05, 4.69) is 103 Å². The Morgan fingerprint density at radius 3 is 2.40 bits per heavy atom. The lowest BCUT2D eigenvalue weighted by atomic mass is 9.71. The number of hydrogen-bond donors (Lipinski definition) is 0. The third-order valence-corrected chi connectivity index (χ3v) is 9.74. The number of fused-ring (bicyclic) bond motifs is 5. The second-order valence-electron chi connectivity index (χ2n) is 15.6. The summed E-state index contributed by atoms with van der Waals surface area (Å²) in [5, 5.41) is 7.56. The van der Waals surface area contributed by atoms with Crippen LogP contribution in [0.5, 0.6) is 11.5 Å². The normalized spacial score (nSPS) is 16.8. The van der Waals surface area contributed by atoms with E-state index in [0.29, 0.717) is 17.3 Å². The molecule has 0 spiro atoms. The Kier molecular flexibility index (Phi) is 6.42. The van der Waals surface area contributed by atoms with Crippen LogP contribution in [-0.4, -0.2) is 4.98 Å². The summed E-state index contributed by atoms with van der Waals surface area (Å²) in [5.74, 6) is 3.20. The molecule has 0 unspecified atom stereocenters. The summed E-state index contributed by atoms with van der Waals surface area (Å²) >= 11 is 0. The van der Waals surface area contributed by atoms with E-state index in [9.17, 15) is 0 Å². The molecule has 0 bridgehead atoms. The molecular weight excluding hydrogens is 510 g/mol. The highest BCUT2D eigenvalue weighted by Crippen LogP contribution is 2.52. The van der Waals surface area contributed by atoms with E-state index < -0.39 is 0 Å². The Morgan fingerprint density at radius 2 is 1.67 bits per heavy atom. The van der Waals surface area contributed by atoms with E-state index >= 15 is 0 Å². The largest absolute Gasteiger partial charge is 0.456 e. The van der Waals surface area contributed by atoms with Crippen LogP contribution in [0.25, 0.3) is 43.6 Å². The number of pyridine rings is 1. The van der Waals surface area contributed by atoms with Crippen molar-refractivity contribution in [3.8, 4) is 22.8 Å². The van der Waals surface area contributed by atoms with Crippen molar-refractivity contribution in [1.82, 2.24) is 4.98 Å². The van der Waals surface area contributed by atoms with E-state index in [0.717, 1.165) is 41.0 Å². The molecule has 0 amide bonds. The average molecular weight is 556 g/mol. The summed E-state index contributed by atoms with van der Waals surface area (Å²) < 4.78 is 6.97. The van der Waals surface area contributed by atoms with Crippen LogP contribution in [0, 0.1) is 16.7 Å². The number of nitrogens with zero attached hydrogens (tertiary/aromatic N) is 1. The van der Waals surface area contributed by atoms with Crippen molar-refractivity contribution in [3.05, 3.63) is 77.5 Å². The van der Waals surface area contributed by atoms with E-state index in [1.54, 1.807) is 0 Å². The molecule has 1 fully saturated rings. The van der Waals surface area contributed by atoms with Crippen LogP contribution in [0.15, 0.2) is 60.8 Å². The Bertz CT molecular complexity index is 1840. The molecule has 0 atom stereocenters. The Hall–Kier alpha value is -3.39. The highest BCUT2D eigenvalue weighted by atomic mass is 16.5. The van der Waals surface area contributed by atoms with Gasteiger partial charge in [-0.1, -0.05) is 84.9 Å². The van der Waals surface area contributed by atoms with Crippen LogP contribution < -0.4 is 4.74 Å². The van der Waals surface area contributed by atoms with Gasteiger partial charge in [-0.3, -0.25) is 4.98 Å². The highest BCUT2D eigenvalue weighted by molar-refractivity contribution is 6.16. The van der Waals surface area contributed by atoms with E-state index in [-0.39, 0.29) is 5.41 Å². The number of rotatable bonds is 4. The molecule has 7 rings (SSSR count). The summed E-state index contributed by atoms with van der Waals surface area (Å²) in [6.45, 7) is 16.4. The van der Waals surface area contributed by atoms with Gasteiger partial charge in [0.25, 0.3) is 0 Å². The molecule has 4 aromatic carbocycles. The molecule has 0 saturated heterocycles. The van der Waals surface area contributed by atoms with Crippen molar-refractivity contribution in [1.29, 1.82) is 0 Å². The van der Waals surface area contributed by atoms with Gasteiger partial charge in [0.05, 0.1) is 11.1 Å². The fourth-order valence-corrected chi connectivity index (χ4v) is 7.57. The van der Waals surface area contributed by atoms with Gasteiger partial charge in [-0.2, -0.15) is 0 Å². The lowest BCUT2D eigenvalue weighted by Gasteiger charge is -2.34. The molecule has 1 aromatic heterocycles. The maximum absolute atomic E-state index is 6.97. The van der Waals surface area contributed by atoms with Gasteiger partial charge in [0, 0.05) is 17.3 Å². The SMILES string of the molecule is CC(C)Cc1ccc2c(CC(C)(C)C)c3c(cc2c1)-c1nccc2c1c(cc1ccc(C4CCC(C)(C)CC4)cc12)O3. The molecule has 2 nitrogen and oxygen atoms in total. The third-order valence-electron chi connectivity index (χ3n) is 9.74. The van der Waals surface area contributed by atoms with Crippen LogP contribution >= 0.6 is 0 Å². The first-order valence-corrected chi connectivity index (χ1v) is 16.1. The molecule has 1 aliphatic carbocycles. The zero-order valence-corrected chi connectivity index (χ0v) is 26.5. The van der Waals surface area contributed by atoms with Gasteiger partial charge in [-0.25, -0.2) is 0 Å². The fraction of sp³-hybridized carbons (Fsp3) is 0.425. The maximum Gasteiger partial charge on any atom is 0.140 e. The number of aromatic nitrogens is 1. The second-order valence-corrected chi connectivity index (χ2v) is 15.6. The fourth-order valence-electron chi connectivity index (χ4n) is 7.57. The molecule has 2 aliphatic rings. The maximum atomic E-state index is 6.97. The molecule has 1 aliphatic heterocycles. The summed E-state index contributed by atoms with van der Waals surface area (Å²) in [7, 11) is 0. The minimum absolute atomic E-state index is 0.121. The molecule has 42 heavy (non-hydrogen) atoms.